The van der Waals surface area contributed by atoms with Gasteiger partial charge in [-0.25, -0.2) is 9.78 Å². The Morgan fingerprint density at radius 2 is 1.95 bits per heavy atom. The number of aromatic nitrogens is 1. The lowest BCUT2D eigenvalue weighted by molar-refractivity contribution is 0.0660. The summed E-state index contributed by atoms with van der Waals surface area (Å²) < 4.78 is 5.11. The van der Waals surface area contributed by atoms with Crippen LogP contribution >= 0.6 is 0 Å². The third kappa shape index (κ3) is 3.34. The van der Waals surface area contributed by atoms with Crippen molar-refractivity contribution in [2.75, 3.05) is 19.0 Å². The van der Waals surface area contributed by atoms with Gasteiger partial charge in [0.2, 0.25) is 5.76 Å². The zero-order valence-electron chi connectivity index (χ0n) is 11.0. The monoisotopic (exact) mass is 260 g/mol. The van der Waals surface area contributed by atoms with Crippen LogP contribution in [0.1, 0.15) is 22.0 Å². The van der Waals surface area contributed by atoms with Gasteiger partial charge in [-0.15, -0.1) is 0 Å². The van der Waals surface area contributed by atoms with Crippen molar-refractivity contribution in [3.63, 3.8) is 0 Å². The van der Waals surface area contributed by atoms with Crippen molar-refractivity contribution in [2.45, 2.75) is 12.8 Å². The summed E-state index contributed by atoms with van der Waals surface area (Å²) in [6.07, 6.45) is 2.61. The van der Waals surface area contributed by atoms with E-state index in [1.807, 2.05) is 31.1 Å². The SMILES string of the molecule is CN(C)c1ccc(CCc2ncc(C(=O)O)o2)cc1. The van der Waals surface area contributed by atoms with Crippen molar-refractivity contribution in [3.05, 3.63) is 47.7 Å². The molecule has 0 atom stereocenters. The Hall–Kier alpha value is -2.30. The van der Waals surface area contributed by atoms with Gasteiger partial charge < -0.3 is 14.4 Å². The number of carboxylic acid groups (broad SMARTS) is 1. The maximum atomic E-state index is 10.7. The summed E-state index contributed by atoms with van der Waals surface area (Å²) in [5.41, 5.74) is 2.31. The van der Waals surface area contributed by atoms with Crippen LogP contribution in [0.3, 0.4) is 0 Å². The van der Waals surface area contributed by atoms with E-state index < -0.39 is 5.97 Å². The summed E-state index contributed by atoms with van der Waals surface area (Å²) in [6.45, 7) is 0. The van der Waals surface area contributed by atoms with E-state index in [2.05, 4.69) is 17.1 Å². The second kappa shape index (κ2) is 5.56. The zero-order valence-corrected chi connectivity index (χ0v) is 11.0. The molecule has 0 amide bonds. The predicted octanol–water partition coefficient (Wildman–Crippen LogP) is 2.22. The Bertz CT molecular complexity index is 558. The Balaban J connectivity index is 1.96. The maximum absolute atomic E-state index is 10.7. The van der Waals surface area contributed by atoms with E-state index in [4.69, 9.17) is 9.52 Å². The van der Waals surface area contributed by atoms with E-state index in [9.17, 15) is 4.79 Å². The molecule has 1 aromatic heterocycles. The standard InChI is InChI=1S/C14H16N2O3/c1-16(2)11-6-3-10(4-7-11)5-8-13-15-9-12(19-13)14(17)18/h3-4,6-7,9H,5,8H2,1-2H3,(H,17,18). The van der Waals surface area contributed by atoms with Crippen LogP contribution in [0, 0.1) is 0 Å². The number of oxazole rings is 1. The normalized spacial score (nSPS) is 10.4. The molecule has 0 spiro atoms. The van der Waals surface area contributed by atoms with Gasteiger partial charge >= 0.3 is 5.97 Å². The number of hydrogen-bond donors (Lipinski definition) is 1. The first-order chi connectivity index (χ1) is 9.06. The van der Waals surface area contributed by atoms with E-state index in [0.29, 0.717) is 12.3 Å². The molecule has 5 nitrogen and oxygen atoms in total. The number of carbonyl (C=O) groups is 1. The van der Waals surface area contributed by atoms with E-state index in [-0.39, 0.29) is 5.76 Å². The lowest BCUT2D eigenvalue weighted by Gasteiger charge is -2.12. The molecule has 0 unspecified atom stereocenters. The van der Waals surface area contributed by atoms with Gasteiger partial charge in [0.15, 0.2) is 5.89 Å². The van der Waals surface area contributed by atoms with Crippen LogP contribution in [0.5, 0.6) is 0 Å². The minimum Gasteiger partial charge on any atom is -0.475 e. The summed E-state index contributed by atoms with van der Waals surface area (Å²) >= 11 is 0. The predicted molar refractivity (Wildman–Crippen MR) is 71.6 cm³/mol. The molecule has 0 aliphatic carbocycles. The minimum absolute atomic E-state index is 0.113. The maximum Gasteiger partial charge on any atom is 0.373 e. The first-order valence-electron chi connectivity index (χ1n) is 6.00. The molecule has 0 aliphatic heterocycles. The molecule has 0 saturated carbocycles. The van der Waals surface area contributed by atoms with E-state index >= 15 is 0 Å². The summed E-state index contributed by atoms with van der Waals surface area (Å²) in [5, 5.41) is 8.73. The summed E-state index contributed by atoms with van der Waals surface area (Å²) in [7, 11) is 3.99. The third-order valence-corrected chi connectivity index (χ3v) is 2.84. The molecular weight excluding hydrogens is 244 g/mol. The van der Waals surface area contributed by atoms with Crippen LogP contribution in [0.4, 0.5) is 5.69 Å². The quantitative estimate of drug-likeness (QED) is 0.892. The van der Waals surface area contributed by atoms with Gasteiger partial charge in [-0.3, -0.25) is 0 Å². The summed E-state index contributed by atoms with van der Waals surface area (Å²) in [6, 6.07) is 8.20. The molecule has 0 radical (unpaired) electrons. The van der Waals surface area contributed by atoms with Gasteiger partial charge in [0, 0.05) is 26.2 Å². The number of hydrogen-bond acceptors (Lipinski definition) is 4. The first-order valence-corrected chi connectivity index (χ1v) is 6.00. The van der Waals surface area contributed by atoms with Gasteiger partial charge in [-0.2, -0.15) is 0 Å². The van der Waals surface area contributed by atoms with Crippen LogP contribution < -0.4 is 4.90 Å². The van der Waals surface area contributed by atoms with Crippen LogP contribution in [0.15, 0.2) is 34.9 Å². The highest BCUT2D eigenvalue weighted by atomic mass is 16.4. The number of carboxylic acids is 1. The molecular formula is C14H16N2O3. The topological polar surface area (TPSA) is 66.6 Å². The second-order valence-corrected chi connectivity index (χ2v) is 4.48. The van der Waals surface area contributed by atoms with Crippen molar-refractivity contribution in [1.29, 1.82) is 0 Å². The van der Waals surface area contributed by atoms with Crippen LogP contribution in [-0.4, -0.2) is 30.2 Å². The molecule has 2 aromatic rings. The largest absolute Gasteiger partial charge is 0.475 e. The van der Waals surface area contributed by atoms with Gasteiger partial charge in [0.25, 0.3) is 0 Å². The smallest absolute Gasteiger partial charge is 0.373 e. The first kappa shape index (κ1) is 13.1. The van der Waals surface area contributed by atoms with Crippen LogP contribution in [0.25, 0.3) is 0 Å². The van der Waals surface area contributed by atoms with E-state index in [1.165, 1.54) is 11.8 Å². The van der Waals surface area contributed by atoms with Gasteiger partial charge in [0.1, 0.15) is 0 Å². The average molecular weight is 260 g/mol. The second-order valence-electron chi connectivity index (χ2n) is 4.48. The highest BCUT2D eigenvalue weighted by molar-refractivity contribution is 5.83. The van der Waals surface area contributed by atoms with E-state index in [0.717, 1.165) is 12.1 Å². The number of benzene rings is 1. The molecule has 2 rings (SSSR count). The molecule has 1 aromatic carbocycles. The van der Waals surface area contributed by atoms with Crippen molar-refractivity contribution in [1.82, 2.24) is 4.98 Å². The Morgan fingerprint density at radius 1 is 1.26 bits per heavy atom. The molecule has 1 N–H and O–H groups in total. The highest BCUT2D eigenvalue weighted by Gasteiger charge is 2.10. The number of nitrogens with zero attached hydrogens (tertiary/aromatic N) is 2. The Morgan fingerprint density at radius 3 is 2.47 bits per heavy atom. The summed E-state index contributed by atoms with van der Waals surface area (Å²) in [5.74, 6) is -0.749. The van der Waals surface area contributed by atoms with Gasteiger partial charge in [-0.05, 0) is 24.1 Å². The van der Waals surface area contributed by atoms with Crippen LogP contribution in [-0.2, 0) is 12.8 Å². The average Bonchev–Trinajstić information content (AvgIpc) is 2.86. The molecule has 100 valence electrons. The van der Waals surface area contributed by atoms with Crippen molar-refractivity contribution >= 4 is 11.7 Å². The van der Waals surface area contributed by atoms with E-state index in [1.54, 1.807) is 0 Å². The lowest BCUT2D eigenvalue weighted by atomic mass is 10.1. The number of aryl methyl sites for hydroxylation is 2. The fraction of sp³-hybridized carbons (Fsp3) is 0.286. The Labute approximate surface area is 111 Å². The molecule has 19 heavy (non-hydrogen) atoms. The number of aromatic carboxylic acids is 1. The van der Waals surface area contributed by atoms with Gasteiger partial charge in [-0.1, -0.05) is 12.1 Å². The van der Waals surface area contributed by atoms with Crippen LogP contribution in [0.2, 0.25) is 0 Å². The Kier molecular flexibility index (Phi) is 3.85. The molecule has 0 saturated heterocycles. The molecule has 0 aliphatic rings. The zero-order chi connectivity index (χ0) is 13.8. The lowest BCUT2D eigenvalue weighted by Crippen LogP contribution is -2.08. The fourth-order valence-electron chi connectivity index (χ4n) is 1.74. The summed E-state index contributed by atoms with van der Waals surface area (Å²) in [4.78, 5) is 16.6. The van der Waals surface area contributed by atoms with Crippen molar-refractivity contribution < 1.29 is 14.3 Å². The minimum atomic E-state index is -1.09. The molecule has 1 heterocycles. The molecule has 0 bridgehead atoms. The van der Waals surface area contributed by atoms with Crippen molar-refractivity contribution in [3.8, 4) is 0 Å². The number of anilines is 1. The molecule has 5 heteroatoms. The number of rotatable bonds is 5. The highest BCUT2D eigenvalue weighted by Crippen LogP contribution is 2.14. The fourth-order valence-corrected chi connectivity index (χ4v) is 1.74. The molecule has 0 fully saturated rings. The van der Waals surface area contributed by atoms with Gasteiger partial charge in [0.05, 0.1) is 6.20 Å². The van der Waals surface area contributed by atoms with Crippen molar-refractivity contribution in [2.24, 2.45) is 0 Å². The third-order valence-electron chi connectivity index (χ3n) is 2.84.